The van der Waals surface area contributed by atoms with E-state index >= 15 is 0 Å². The zero-order chi connectivity index (χ0) is 4.24. The van der Waals surface area contributed by atoms with Crippen molar-refractivity contribution in [3.05, 3.63) is 12.3 Å². The molecule has 0 aromatic carbocycles. The van der Waals surface area contributed by atoms with Gasteiger partial charge in [0.2, 0.25) is 0 Å². The Bertz CT molecular complexity index is 73.5. The molecule has 0 fully saturated rings. The van der Waals surface area contributed by atoms with Gasteiger partial charge in [0.05, 0.1) is 0 Å². The van der Waals surface area contributed by atoms with Crippen LogP contribution in [0.3, 0.4) is 0 Å². The second-order valence-electron chi connectivity index (χ2n) is 1.09. The molecule has 0 atom stereocenters. The van der Waals surface area contributed by atoms with Crippen molar-refractivity contribution >= 4 is 12.9 Å². The number of hydrogen-bond donors (Lipinski definition) is 0. The van der Waals surface area contributed by atoms with Crippen LogP contribution in [-0.4, -0.2) is 19.4 Å². The van der Waals surface area contributed by atoms with E-state index in [0.717, 1.165) is 6.51 Å². The normalized spacial score (nSPS) is 16.0. The van der Waals surface area contributed by atoms with Gasteiger partial charge in [-0.1, -0.05) is 0 Å². The zero-order valence-corrected chi connectivity index (χ0v) is 3.42. The van der Waals surface area contributed by atoms with E-state index in [1.807, 2.05) is 19.0 Å². The molecule has 1 aliphatic rings. The summed E-state index contributed by atoms with van der Waals surface area (Å²) in [4.78, 5) is 0. The summed E-state index contributed by atoms with van der Waals surface area (Å²) in [6, 6.07) is 0. The van der Waals surface area contributed by atoms with Gasteiger partial charge in [0.25, 0.3) is 0 Å². The summed E-state index contributed by atoms with van der Waals surface area (Å²) in [6.45, 7) is 2.69. The molecule has 1 aliphatic heterocycles. The van der Waals surface area contributed by atoms with Gasteiger partial charge in [0.1, 0.15) is 0 Å². The van der Waals surface area contributed by atoms with Crippen LogP contribution >= 0.6 is 0 Å². The molecule has 6 heavy (non-hydrogen) atoms. The Balaban J connectivity index is 2.46. The van der Waals surface area contributed by atoms with Crippen LogP contribution in [0.2, 0.25) is 0 Å². The fourth-order valence-corrected chi connectivity index (χ4v) is 0.346. The maximum absolute atomic E-state index is 4.80. The van der Waals surface area contributed by atoms with Gasteiger partial charge < -0.3 is 0 Å². The molecule has 0 saturated carbocycles. The van der Waals surface area contributed by atoms with Crippen LogP contribution in [0.5, 0.6) is 0 Å². The van der Waals surface area contributed by atoms with Crippen molar-refractivity contribution in [3.63, 3.8) is 0 Å². The third-order valence-electron chi connectivity index (χ3n) is 0.614. The molecule has 1 rings (SSSR count). The van der Waals surface area contributed by atoms with Crippen LogP contribution in [0.4, 0.5) is 0 Å². The van der Waals surface area contributed by atoms with Gasteiger partial charge in [-0.05, 0) is 0 Å². The Labute approximate surface area is 37.5 Å². The summed E-state index contributed by atoms with van der Waals surface area (Å²) in [6.07, 6.45) is 3.55. The predicted molar refractivity (Wildman–Crippen MR) is 26.9 cm³/mol. The van der Waals surface area contributed by atoms with Crippen LogP contribution < -0.4 is 0 Å². The Morgan fingerprint density at radius 1 is 1.67 bits per heavy atom. The van der Waals surface area contributed by atoms with Crippen molar-refractivity contribution in [2.75, 3.05) is 6.51 Å². The molecule has 0 saturated heterocycles. The van der Waals surface area contributed by atoms with Gasteiger partial charge in [0, 0.05) is 0 Å². The number of ether oxygens (including phenoxy) is 1. The first-order valence-electron chi connectivity index (χ1n) is 1.93. The van der Waals surface area contributed by atoms with Gasteiger partial charge in [-0.2, -0.15) is 0 Å². The molecule has 0 radical (unpaired) electrons. The molecule has 1 heterocycles. The van der Waals surface area contributed by atoms with E-state index in [1.165, 1.54) is 0 Å². The van der Waals surface area contributed by atoms with Gasteiger partial charge >= 0.3 is 36.5 Å². The summed E-state index contributed by atoms with van der Waals surface area (Å²) in [5.74, 6) is 1.96. The third-order valence-corrected chi connectivity index (χ3v) is 0.614. The molecule has 0 aliphatic carbocycles. The van der Waals surface area contributed by atoms with Crippen molar-refractivity contribution in [1.29, 1.82) is 0 Å². The van der Waals surface area contributed by atoms with Gasteiger partial charge in [-0.15, -0.1) is 0 Å². The first kappa shape index (κ1) is 3.66. The molecular formula is C4H5BO. The van der Waals surface area contributed by atoms with Gasteiger partial charge in [-0.3, -0.25) is 0 Å². The Morgan fingerprint density at radius 2 is 2.67 bits per heavy atom. The van der Waals surface area contributed by atoms with Crippen molar-refractivity contribution in [2.45, 2.75) is 0 Å². The average Bonchev–Trinajstić information content (AvgIpc) is 1.72. The maximum atomic E-state index is 4.80. The minimum atomic E-state index is 0.733. The topological polar surface area (TPSA) is 9.23 Å². The fourth-order valence-electron chi connectivity index (χ4n) is 0.346. The van der Waals surface area contributed by atoms with E-state index in [9.17, 15) is 0 Å². The fraction of sp³-hybridized carbons (Fsp3) is 0.250. The Morgan fingerprint density at radius 3 is 2.83 bits per heavy atom. The van der Waals surface area contributed by atoms with Crippen molar-refractivity contribution < 1.29 is 4.74 Å². The van der Waals surface area contributed by atoms with E-state index in [2.05, 4.69) is 0 Å². The summed E-state index contributed by atoms with van der Waals surface area (Å²) in [7, 11) is 0. The molecule has 2 heteroatoms. The van der Waals surface area contributed by atoms with Crippen molar-refractivity contribution in [1.82, 2.24) is 0 Å². The van der Waals surface area contributed by atoms with Crippen molar-refractivity contribution in [2.24, 2.45) is 0 Å². The van der Waals surface area contributed by atoms with E-state index in [-0.39, 0.29) is 0 Å². The number of allylic oxidation sites excluding steroid dienone is 1. The average molecular weight is 79.9 g/mol. The molecule has 0 unspecified atom stereocenters. The molecule has 0 amide bonds. The Kier molecular flexibility index (Phi) is 1.10. The number of hydrogen-bond acceptors (Lipinski definition) is 1. The van der Waals surface area contributed by atoms with Crippen LogP contribution in [0.15, 0.2) is 12.3 Å². The first-order valence-corrected chi connectivity index (χ1v) is 1.93. The standard InChI is InChI=1S/C4H5BO/c1-2-5-4-6-3-1/h1-3H,4H2. The van der Waals surface area contributed by atoms with Crippen LogP contribution in [0, 0.1) is 0 Å². The third kappa shape index (κ3) is 0.710. The molecule has 0 spiro atoms. The summed E-state index contributed by atoms with van der Waals surface area (Å²) >= 11 is 0. The van der Waals surface area contributed by atoms with E-state index in [4.69, 9.17) is 4.74 Å². The summed E-state index contributed by atoms with van der Waals surface area (Å²) in [5.41, 5.74) is 0. The van der Waals surface area contributed by atoms with E-state index in [1.54, 1.807) is 6.26 Å². The summed E-state index contributed by atoms with van der Waals surface area (Å²) < 4.78 is 4.80. The van der Waals surface area contributed by atoms with Gasteiger partial charge in [-0.25, -0.2) is 0 Å². The minimum absolute atomic E-state index is 0.733. The number of rotatable bonds is 0. The van der Waals surface area contributed by atoms with Crippen molar-refractivity contribution in [3.8, 4) is 0 Å². The molecule has 0 N–H and O–H groups in total. The van der Waals surface area contributed by atoms with Crippen LogP contribution in [0.1, 0.15) is 0 Å². The van der Waals surface area contributed by atoms with Gasteiger partial charge in [0.15, 0.2) is 0 Å². The quantitative estimate of drug-likeness (QED) is 0.372. The van der Waals surface area contributed by atoms with Crippen LogP contribution in [0.25, 0.3) is 0 Å². The molecule has 0 bridgehead atoms. The monoisotopic (exact) mass is 80.0 g/mol. The molecular weight excluding hydrogens is 74.9 g/mol. The van der Waals surface area contributed by atoms with E-state index < -0.39 is 0 Å². The molecule has 30 valence electrons. The second-order valence-corrected chi connectivity index (χ2v) is 1.09. The first-order chi connectivity index (χ1) is 3.00. The summed E-state index contributed by atoms with van der Waals surface area (Å²) in [5, 5.41) is 0. The van der Waals surface area contributed by atoms with E-state index in [0.29, 0.717) is 0 Å². The van der Waals surface area contributed by atoms with Crippen LogP contribution in [-0.2, 0) is 4.74 Å². The SMILES string of the molecule is B1=CC=COC1. The zero-order valence-electron chi connectivity index (χ0n) is 3.42. The molecule has 0 aromatic rings. The predicted octanol–water partition coefficient (Wildman–Crippen LogP) is -0.00580. The molecule has 1 nitrogen and oxygen atoms in total. The Hall–Kier alpha value is -0.525. The second kappa shape index (κ2) is 1.80. The molecule has 0 aromatic heterocycles.